The Kier molecular flexibility index (Phi) is 6.42. The van der Waals surface area contributed by atoms with E-state index >= 15 is 0 Å². The highest BCUT2D eigenvalue weighted by Gasteiger charge is 2.09. The Morgan fingerprint density at radius 1 is 1.44 bits per heavy atom. The van der Waals surface area contributed by atoms with E-state index in [9.17, 15) is 0 Å². The van der Waals surface area contributed by atoms with Crippen molar-refractivity contribution in [1.29, 1.82) is 0 Å². The zero-order valence-corrected chi connectivity index (χ0v) is 10.3. The van der Waals surface area contributed by atoms with Gasteiger partial charge < -0.3 is 4.74 Å². The van der Waals surface area contributed by atoms with Gasteiger partial charge in [-0.2, -0.15) is 0 Å². The average molecular weight is 243 g/mol. The molecule has 0 saturated carbocycles. The largest absolute Gasteiger partial charge is 0.380 e. The average Bonchev–Trinajstić information content (AvgIpc) is 2.30. The van der Waals surface area contributed by atoms with Crippen molar-refractivity contribution in [2.24, 2.45) is 5.84 Å². The van der Waals surface area contributed by atoms with Crippen LogP contribution in [-0.4, -0.2) is 19.3 Å². The summed E-state index contributed by atoms with van der Waals surface area (Å²) in [7, 11) is 0. The standard InChI is InChI=1S/C12H19ClN2O/c1-2-7-16-9-11(15-14)8-10-5-3-4-6-12(10)13/h3-6,11,15H,2,7-9,14H2,1H3. The third-order valence-corrected chi connectivity index (χ3v) is 2.70. The van der Waals surface area contributed by atoms with E-state index in [0.717, 1.165) is 30.0 Å². The quantitative estimate of drug-likeness (QED) is 0.438. The summed E-state index contributed by atoms with van der Waals surface area (Å²) < 4.78 is 5.46. The molecule has 1 atom stereocenters. The van der Waals surface area contributed by atoms with Gasteiger partial charge in [0.15, 0.2) is 0 Å². The van der Waals surface area contributed by atoms with Crippen LogP contribution in [0.1, 0.15) is 18.9 Å². The van der Waals surface area contributed by atoms with Gasteiger partial charge >= 0.3 is 0 Å². The second kappa shape index (κ2) is 7.63. The van der Waals surface area contributed by atoms with Gasteiger partial charge in [-0.1, -0.05) is 36.7 Å². The lowest BCUT2D eigenvalue weighted by molar-refractivity contribution is 0.112. The van der Waals surface area contributed by atoms with Crippen molar-refractivity contribution in [1.82, 2.24) is 5.43 Å². The molecular formula is C12H19ClN2O. The lowest BCUT2D eigenvalue weighted by Gasteiger charge is -2.16. The van der Waals surface area contributed by atoms with Crippen LogP contribution in [0, 0.1) is 0 Å². The first kappa shape index (κ1) is 13.5. The van der Waals surface area contributed by atoms with Crippen molar-refractivity contribution < 1.29 is 4.74 Å². The summed E-state index contributed by atoms with van der Waals surface area (Å²) in [6.07, 6.45) is 1.79. The van der Waals surface area contributed by atoms with Gasteiger partial charge in [0.1, 0.15) is 0 Å². The summed E-state index contributed by atoms with van der Waals surface area (Å²) in [6.45, 7) is 3.45. The number of rotatable bonds is 7. The Hall–Kier alpha value is -0.610. The van der Waals surface area contributed by atoms with Crippen LogP contribution in [0.15, 0.2) is 24.3 Å². The van der Waals surface area contributed by atoms with E-state index in [1.165, 1.54) is 0 Å². The Bertz CT molecular complexity index is 307. The molecule has 0 bridgehead atoms. The van der Waals surface area contributed by atoms with Crippen LogP contribution in [0.25, 0.3) is 0 Å². The van der Waals surface area contributed by atoms with Gasteiger partial charge in [-0.25, -0.2) is 0 Å². The van der Waals surface area contributed by atoms with Gasteiger partial charge in [0.2, 0.25) is 0 Å². The number of benzene rings is 1. The molecule has 0 fully saturated rings. The molecule has 0 aromatic heterocycles. The lowest BCUT2D eigenvalue weighted by atomic mass is 10.1. The van der Waals surface area contributed by atoms with Gasteiger partial charge in [0, 0.05) is 17.7 Å². The minimum Gasteiger partial charge on any atom is -0.380 e. The first-order chi connectivity index (χ1) is 7.77. The Balaban J connectivity index is 2.46. The molecule has 0 radical (unpaired) electrons. The molecule has 1 aromatic rings. The topological polar surface area (TPSA) is 47.3 Å². The molecule has 0 aliphatic heterocycles. The minimum absolute atomic E-state index is 0.103. The van der Waals surface area contributed by atoms with Gasteiger partial charge in [0.25, 0.3) is 0 Å². The first-order valence-electron chi connectivity index (χ1n) is 5.55. The molecule has 90 valence electrons. The highest BCUT2D eigenvalue weighted by Crippen LogP contribution is 2.16. The molecule has 0 spiro atoms. The molecule has 1 aromatic carbocycles. The second-order valence-corrected chi connectivity index (χ2v) is 4.14. The molecule has 0 aliphatic carbocycles. The Labute approximate surface area is 102 Å². The number of nitrogens with two attached hydrogens (primary N) is 1. The smallest absolute Gasteiger partial charge is 0.0636 e. The fourth-order valence-corrected chi connectivity index (χ4v) is 1.68. The maximum absolute atomic E-state index is 6.08. The number of hydrazine groups is 1. The molecule has 1 rings (SSSR count). The number of hydrogen-bond donors (Lipinski definition) is 2. The van der Waals surface area contributed by atoms with Crippen LogP contribution < -0.4 is 11.3 Å². The zero-order chi connectivity index (χ0) is 11.8. The molecule has 0 heterocycles. The van der Waals surface area contributed by atoms with Gasteiger partial charge in [-0.05, 0) is 24.5 Å². The SMILES string of the molecule is CCCOCC(Cc1ccccc1Cl)NN. The van der Waals surface area contributed by atoms with Gasteiger partial charge in [-0.15, -0.1) is 0 Å². The van der Waals surface area contributed by atoms with Crippen LogP contribution >= 0.6 is 11.6 Å². The predicted molar refractivity (Wildman–Crippen MR) is 67.4 cm³/mol. The van der Waals surface area contributed by atoms with E-state index in [1.807, 2.05) is 24.3 Å². The fraction of sp³-hybridized carbons (Fsp3) is 0.500. The molecule has 4 heteroatoms. The Morgan fingerprint density at radius 2 is 2.19 bits per heavy atom. The summed E-state index contributed by atoms with van der Waals surface area (Å²) >= 11 is 6.08. The van der Waals surface area contributed by atoms with Crippen molar-refractivity contribution in [3.63, 3.8) is 0 Å². The third-order valence-electron chi connectivity index (χ3n) is 2.33. The molecule has 3 nitrogen and oxygen atoms in total. The number of hydrogen-bond acceptors (Lipinski definition) is 3. The molecule has 0 saturated heterocycles. The van der Waals surface area contributed by atoms with Crippen LogP contribution in [0.2, 0.25) is 5.02 Å². The molecular weight excluding hydrogens is 224 g/mol. The molecule has 3 N–H and O–H groups in total. The van der Waals surface area contributed by atoms with E-state index in [2.05, 4.69) is 12.3 Å². The summed E-state index contributed by atoms with van der Waals surface area (Å²) in [4.78, 5) is 0. The zero-order valence-electron chi connectivity index (χ0n) is 9.58. The number of nitrogens with one attached hydrogen (secondary N) is 1. The maximum Gasteiger partial charge on any atom is 0.0636 e. The maximum atomic E-state index is 6.08. The number of halogens is 1. The number of ether oxygens (including phenoxy) is 1. The summed E-state index contributed by atoms with van der Waals surface area (Å²) in [6, 6.07) is 7.89. The van der Waals surface area contributed by atoms with E-state index in [-0.39, 0.29) is 6.04 Å². The van der Waals surface area contributed by atoms with Gasteiger partial charge in [-0.3, -0.25) is 11.3 Å². The fourth-order valence-electron chi connectivity index (χ4n) is 1.47. The molecule has 16 heavy (non-hydrogen) atoms. The monoisotopic (exact) mass is 242 g/mol. The van der Waals surface area contributed by atoms with Gasteiger partial charge in [0.05, 0.1) is 6.61 Å². The second-order valence-electron chi connectivity index (χ2n) is 3.73. The highest BCUT2D eigenvalue weighted by atomic mass is 35.5. The molecule has 0 aliphatic rings. The summed E-state index contributed by atoms with van der Waals surface area (Å²) in [5.41, 5.74) is 3.84. The summed E-state index contributed by atoms with van der Waals surface area (Å²) in [5, 5.41) is 0.776. The van der Waals surface area contributed by atoms with Crippen LogP contribution in [0.5, 0.6) is 0 Å². The first-order valence-corrected chi connectivity index (χ1v) is 5.93. The molecule has 1 unspecified atom stereocenters. The van der Waals surface area contributed by atoms with Crippen LogP contribution in [0.4, 0.5) is 0 Å². The normalized spacial score (nSPS) is 12.7. The highest BCUT2D eigenvalue weighted by molar-refractivity contribution is 6.31. The van der Waals surface area contributed by atoms with Crippen LogP contribution in [-0.2, 0) is 11.2 Å². The van der Waals surface area contributed by atoms with E-state index in [4.69, 9.17) is 22.2 Å². The van der Waals surface area contributed by atoms with Crippen molar-refractivity contribution in [2.45, 2.75) is 25.8 Å². The van der Waals surface area contributed by atoms with Crippen LogP contribution in [0.3, 0.4) is 0 Å². The van der Waals surface area contributed by atoms with E-state index in [0.29, 0.717) is 6.61 Å². The van der Waals surface area contributed by atoms with Crippen molar-refractivity contribution in [3.05, 3.63) is 34.9 Å². The van der Waals surface area contributed by atoms with Crippen molar-refractivity contribution >= 4 is 11.6 Å². The summed E-state index contributed by atoms with van der Waals surface area (Å²) in [5.74, 6) is 5.48. The third kappa shape index (κ3) is 4.49. The minimum atomic E-state index is 0.103. The Morgan fingerprint density at radius 3 is 2.81 bits per heavy atom. The lowest BCUT2D eigenvalue weighted by Crippen LogP contribution is -2.40. The molecule has 0 amide bonds. The van der Waals surface area contributed by atoms with Crippen molar-refractivity contribution in [2.75, 3.05) is 13.2 Å². The predicted octanol–water partition coefficient (Wildman–Crippen LogP) is 2.14. The van der Waals surface area contributed by atoms with Crippen molar-refractivity contribution in [3.8, 4) is 0 Å². The van der Waals surface area contributed by atoms with E-state index < -0.39 is 0 Å². The van der Waals surface area contributed by atoms with E-state index in [1.54, 1.807) is 0 Å².